The van der Waals surface area contributed by atoms with E-state index in [9.17, 15) is 4.79 Å². The van der Waals surface area contributed by atoms with E-state index in [1.807, 2.05) is 6.92 Å². The van der Waals surface area contributed by atoms with Gasteiger partial charge in [0, 0.05) is 6.42 Å². The molecule has 0 spiro atoms. The topological polar surface area (TPSA) is 26.3 Å². The Morgan fingerprint density at radius 2 is 1.35 bits per heavy atom. The lowest BCUT2D eigenvalue weighted by Crippen LogP contribution is -2.08. The molecule has 2 heteroatoms. The highest BCUT2D eigenvalue weighted by molar-refractivity contribution is 5.69. The van der Waals surface area contributed by atoms with Crippen LogP contribution in [-0.4, -0.2) is 12.6 Å². The summed E-state index contributed by atoms with van der Waals surface area (Å²) >= 11 is 0. The monoisotopic (exact) mass is 284 g/mol. The standard InChI is InChI=1S/C18H36O2/c1-4-7-9-11-13-17(14-12-10-8-5-2)15-16-18(19)20-6-3/h17H,4-16H2,1-3H3. The molecule has 20 heavy (non-hydrogen) atoms. The lowest BCUT2D eigenvalue weighted by atomic mass is 9.90. The van der Waals surface area contributed by atoms with Crippen LogP contribution in [0.5, 0.6) is 0 Å². The van der Waals surface area contributed by atoms with E-state index in [2.05, 4.69) is 13.8 Å². The summed E-state index contributed by atoms with van der Waals surface area (Å²) in [5.41, 5.74) is 0. The van der Waals surface area contributed by atoms with Crippen molar-refractivity contribution in [3.05, 3.63) is 0 Å². The van der Waals surface area contributed by atoms with E-state index in [1.54, 1.807) is 0 Å². The van der Waals surface area contributed by atoms with Crippen LogP contribution in [0.4, 0.5) is 0 Å². The highest BCUT2D eigenvalue weighted by Gasteiger charge is 2.11. The van der Waals surface area contributed by atoms with Crippen LogP contribution in [0.1, 0.15) is 97.8 Å². The number of esters is 1. The van der Waals surface area contributed by atoms with Gasteiger partial charge in [0.15, 0.2) is 0 Å². The van der Waals surface area contributed by atoms with E-state index in [4.69, 9.17) is 4.74 Å². The predicted octanol–water partition coefficient (Wildman–Crippen LogP) is 5.89. The number of rotatable bonds is 14. The maximum atomic E-state index is 11.5. The molecule has 0 atom stereocenters. The second-order valence-electron chi connectivity index (χ2n) is 5.91. The molecule has 0 aromatic carbocycles. The first-order chi connectivity index (χ1) is 9.74. The summed E-state index contributed by atoms with van der Waals surface area (Å²) < 4.78 is 5.04. The lowest BCUT2D eigenvalue weighted by Gasteiger charge is -2.16. The van der Waals surface area contributed by atoms with Crippen molar-refractivity contribution in [3.8, 4) is 0 Å². The fourth-order valence-electron chi connectivity index (χ4n) is 2.71. The van der Waals surface area contributed by atoms with Crippen LogP contribution in [0.25, 0.3) is 0 Å². The van der Waals surface area contributed by atoms with Crippen LogP contribution >= 0.6 is 0 Å². The Hall–Kier alpha value is -0.530. The first kappa shape index (κ1) is 19.5. The average Bonchev–Trinajstić information content (AvgIpc) is 2.44. The van der Waals surface area contributed by atoms with Crippen LogP contribution in [0.2, 0.25) is 0 Å². The van der Waals surface area contributed by atoms with Gasteiger partial charge in [0.2, 0.25) is 0 Å². The van der Waals surface area contributed by atoms with Gasteiger partial charge in [0.25, 0.3) is 0 Å². The summed E-state index contributed by atoms with van der Waals surface area (Å²) in [6.45, 7) is 6.90. The Kier molecular flexibility index (Phi) is 14.5. The number of ether oxygens (including phenoxy) is 1. The van der Waals surface area contributed by atoms with Crippen molar-refractivity contribution in [2.24, 2.45) is 5.92 Å². The largest absolute Gasteiger partial charge is 0.466 e. The Morgan fingerprint density at radius 3 is 1.80 bits per heavy atom. The van der Waals surface area contributed by atoms with Crippen molar-refractivity contribution in [1.82, 2.24) is 0 Å². The van der Waals surface area contributed by atoms with Gasteiger partial charge in [-0.25, -0.2) is 0 Å². The Morgan fingerprint density at radius 1 is 0.800 bits per heavy atom. The fourth-order valence-corrected chi connectivity index (χ4v) is 2.71. The van der Waals surface area contributed by atoms with Crippen molar-refractivity contribution in [2.45, 2.75) is 97.8 Å². The first-order valence-electron chi connectivity index (χ1n) is 8.90. The number of carbonyl (C=O) groups excluding carboxylic acids is 1. The van der Waals surface area contributed by atoms with Gasteiger partial charge in [-0.15, -0.1) is 0 Å². The normalized spacial score (nSPS) is 11.0. The summed E-state index contributed by atoms with van der Waals surface area (Å²) in [5, 5.41) is 0. The van der Waals surface area contributed by atoms with Crippen LogP contribution < -0.4 is 0 Å². The number of carbonyl (C=O) groups is 1. The zero-order valence-corrected chi connectivity index (χ0v) is 14.1. The number of hydrogen-bond donors (Lipinski definition) is 0. The van der Waals surface area contributed by atoms with Crippen LogP contribution in [0.15, 0.2) is 0 Å². The van der Waals surface area contributed by atoms with Crippen molar-refractivity contribution in [1.29, 1.82) is 0 Å². The van der Waals surface area contributed by atoms with E-state index < -0.39 is 0 Å². The molecule has 0 aliphatic carbocycles. The smallest absolute Gasteiger partial charge is 0.305 e. The van der Waals surface area contributed by atoms with Gasteiger partial charge in [-0.3, -0.25) is 4.79 Å². The van der Waals surface area contributed by atoms with Crippen molar-refractivity contribution in [3.63, 3.8) is 0 Å². The molecule has 0 amide bonds. The third-order valence-corrected chi connectivity index (χ3v) is 3.99. The molecule has 0 N–H and O–H groups in total. The van der Waals surface area contributed by atoms with E-state index in [0.29, 0.717) is 13.0 Å². The van der Waals surface area contributed by atoms with Crippen molar-refractivity contribution in [2.75, 3.05) is 6.61 Å². The van der Waals surface area contributed by atoms with Gasteiger partial charge in [-0.2, -0.15) is 0 Å². The van der Waals surface area contributed by atoms with Crippen LogP contribution in [0.3, 0.4) is 0 Å². The summed E-state index contributed by atoms with van der Waals surface area (Å²) in [5.74, 6) is 0.715. The highest BCUT2D eigenvalue weighted by Crippen LogP contribution is 2.23. The average molecular weight is 284 g/mol. The summed E-state index contributed by atoms with van der Waals surface area (Å²) in [7, 11) is 0. The molecule has 0 aliphatic heterocycles. The van der Waals surface area contributed by atoms with Crippen molar-refractivity contribution >= 4 is 5.97 Å². The lowest BCUT2D eigenvalue weighted by molar-refractivity contribution is -0.143. The van der Waals surface area contributed by atoms with E-state index in [-0.39, 0.29) is 5.97 Å². The zero-order chi connectivity index (χ0) is 15.1. The Balaban J connectivity index is 3.87. The quantitative estimate of drug-likeness (QED) is 0.294. The minimum atomic E-state index is -0.0142. The first-order valence-corrected chi connectivity index (χ1v) is 8.90. The highest BCUT2D eigenvalue weighted by atomic mass is 16.5. The van der Waals surface area contributed by atoms with Gasteiger partial charge in [-0.1, -0.05) is 78.1 Å². The molecular weight excluding hydrogens is 248 g/mol. The molecule has 0 unspecified atom stereocenters. The molecular formula is C18H36O2. The SMILES string of the molecule is CCCCCCC(CCCCCC)CCC(=O)OCC. The maximum Gasteiger partial charge on any atom is 0.305 e. The molecule has 0 bridgehead atoms. The van der Waals surface area contributed by atoms with Gasteiger partial charge in [-0.05, 0) is 19.3 Å². The third-order valence-electron chi connectivity index (χ3n) is 3.99. The van der Waals surface area contributed by atoms with Gasteiger partial charge in [0.1, 0.15) is 0 Å². The number of hydrogen-bond acceptors (Lipinski definition) is 2. The molecule has 2 nitrogen and oxygen atoms in total. The van der Waals surface area contributed by atoms with Crippen molar-refractivity contribution < 1.29 is 9.53 Å². The van der Waals surface area contributed by atoms with Gasteiger partial charge >= 0.3 is 5.97 Å². The second kappa shape index (κ2) is 14.9. The minimum absolute atomic E-state index is 0.0142. The third kappa shape index (κ3) is 12.5. The molecule has 0 aromatic heterocycles. The molecule has 0 heterocycles. The number of unbranched alkanes of at least 4 members (excludes halogenated alkanes) is 6. The summed E-state index contributed by atoms with van der Waals surface area (Å²) in [4.78, 5) is 11.5. The Bertz CT molecular complexity index is 201. The molecule has 0 aromatic rings. The van der Waals surface area contributed by atoms with E-state index >= 15 is 0 Å². The molecule has 0 radical (unpaired) electrons. The molecule has 0 saturated carbocycles. The van der Waals surface area contributed by atoms with Crippen LogP contribution in [-0.2, 0) is 9.53 Å². The zero-order valence-electron chi connectivity index (χ0n) is 14.1. The van der Waals surface area contributed by atoms with E-state index in [1.165, 1.54) is 64.2 Å². The molecule has 0 saturated heterocycles. The maximum absolute atomic E-state index is 11.5. The molecule has 0 rings (SSSR count). The van der Waals surface area contributed by atoms with Gasteiger partial charge < -0.3 is 4.74 Å². The van der Waals surface area contributed by atoms with E-state index in [0.717, 1.165) is 12.3 Å². The fraction of sp³-hybridized carbons (Fsp3) is 0.944. The Labute approximate surface area is 126 Å². The van der Waals surface area contributed by atoms with Gasteiger partial charge in [0.05, 0.1) is 6.61 Å². The van der Waals surface area contributed by atoms with Crippen LogP contribution in [0, 0.1) is 5.92 Å². The molecule has 120 valence electrons. The summed E-state index contributed by atoms with van der Waals surface area (Å²) in [6, 6.07) is 0. The molecule has 0 aliphatic rings. The summed E-state index contributed by atoms with van der Waals surface area (Å²) in [6.07, 6.45) is 14.9. The minimum Gasteiger partial charge on any atom is -0.466 e. The molecule has 0 fully saturated rings. The second-order valence-corrected chi connectivity index (χ2v) is 5.91. The predicted molar refractivity (Wildman–Crippen MR) is 86.9 cm³/mol.